The summed E-state index contributed by atoms with van der Waals surface area (Å²) in [5, 5.41) is 0.660. The summed E-state index contributed by atoms with van der Waals surface area (Å²) in [4.78, 5) is 14.8. The van der Waals surface area contributed by atoms with Crippen molar-refractivity contribution in [3.8, 4) is 11.5 Å². The Morgan fingerprint density at radius 1 is 0.926 bits per heavy atom. The van der Waals surface area contributed by atoms with Crippen LogP contribution < -0.4 is 9.47 Å². The van der Waals surface area contributed by atoms with E-state index in [0.717, 1.165) is 42.6 Å². The number of carbonyl (C=O) groups excluding carboxylic acids is 1. The normalized spacial score (nSPS) is 14.8. The maximum absolute atomic E-state index is 12.9. The molecule has 0 saturated carbocycles. The van der Waals surface area contributed by atoms with Crippen molar-refractivity contribution in [1.82, 2.24) is 4.90 Å². The highest BCUT2D eigenvalue weighted by molar-refractivity contribution is 6.30. The largest absolute Gasteiger partial charge is 0.493 e. The lowest BCUT2D eigenvalue weighted by Crippen LogP contribution is -2.34. The molecule has 142 valence electrons. The van der Waals surface area contributed by atoms with Gasteiger partial charge in [0.2, 0.25) is 5.91 Å². The lowest BCUT2D eigenvalue weighted by atomic mass is 9.96. The number of nitrogens with zero attached hydrogens (tertiary/aromatic N) is 1. The van der Waals surface area contributed by atoms with Gasteiger partial charge in [-0.15, -0.1) is 0 Å². The van der Waals surface area contributed by atoms with E-state index in [1.165, 1.54) is 6.42 Å². The van der Waals surface area contributed by atoms with Crippen molar-refractivity contribution in [2.75, 3.05) is 27.3 Å². The van der Waals surface area contributed by atoms with Crippen LogP contribution in [0.25, 0.3) is 5.57 Å². The van der Waals surface area contributed by atoms with Crippen LogP contribution in [0.2, 0.25) is 5.02 Å². The molecule has 1 aliphatic heterocycles. The molecule has 1 fully saturated rings. The summed E-state index contributed by atoms with van der Waals surface area (Å²) in [5.41, 5.74) is 2.65. The Bertz CT molecular complexity index is 824. The second-order valence-electron chi connectivity index (χ2n) is 6.52. The van der Waals surface area contributed by atoms with E-state index in [4.69, 9.17) is 21.1 Å². The fourth-order valence-corrected chi connectivity index (χ4v) is 3.42. The number of carbonyl (C=O) groups is 1. The number of halogens is 1. The first-order valence-electron chi connectivity index (χ1n) is 9.11. The van der Waals surface area contributed by atoms with E-state index < -0.39 is 0 Å². The third-order valence-electron chi connectivity index (χ3n) is 4.79. The lowest BCUT2D eigenvalue weighted by Gasteiger charge is -2.26. The highest BCUT2D eigenvalue weighted by Crippen LogP contribution is 2.33. The molecule has 1 heterocycles. The van der Waals surface area contributed by atoms with Gasteiger partial charge in [0.15, 0.2) is 11.5 Å². The number of ether oxygens (including phenoxy) is 2. The van der Waals surface area contributed by atoms with Gasteiger partial charge in [-0.2, -0.15) is 0 Å². The molecule has 0 N–H and O–H groups in total. The molecule has 3 rings (SSSR count). The number of amides is 1. The Hall–Kier alpha value is -2.46. The molecule has 0 aromatic heterocycles. The third-order valence-corrected chi connectivity index (χ3v) is 5.04. The van der Waals surface area contributed by atoms with E-state index in [0.29, 0.717) is 16.5 Å². The van der Waals surface area contributed by atoms with Crippen LogP contribution in [0, 0.1) is 0 Å². The van der Waals surface area contributed by atoms with Crippen LogP contribution in [0.4, 0.5) is 0 Å². The molecule has 4 nitrogen and oxygen atoms in total. The highest BCUT2D eigenvalue weighted by Gasteiger charge is 2.17. The van der Waals surface area contributed by atoms with Gasteiger partial charge in [-0.25, -0.2) is 0 Å². The molecule has 1 aliphatic rings. The minimum Gasteiger partial charge on any atom is -0.493 e. The number of hydrogen-bond donors (Lipinski definition) is 0. The van der Waals surface area contributed by atoms with Crippen molar-refractivity contribution in [3.05, 3.63) is 64.7 Å². The van der Waals surface area contributed by atoms with Crippen molar-refractivity contribution in [2.24, 2.45) is 0 Å². The molecule has 0 spiro atoms. The molecular formula is C22H24ClNO3. The molecular weight excluding hydrogens is 362 g/mol. The van der Waals surface area contributed by atoms with Crippen LogP contribution in [0.1, 0.15) is 30.4 Å². The molecule has 2 aromatic carbocycles. The molecule has 5 heteroatoms. The summed E-state index contributed by atoms with van der Waals surface area (Å²) in [6, 6.07) is 13.2. The Kier molecular flexibility index (Phi) is 6.40. The van der Waals surface area contributed by atoms with E-state index in [1.807, 2.05) is 47.4 Å². The smallest absolute Gasteiger partial charge is 0.247 e. The summed E-state index contributed by atoms with van der Waals surface area (Å²) < 4.78 is 10.8. The molecule has 27 heavy (non-hydrogen) atoms. The molecule has 1 amide bonds. The summed E-state index contributed by atoms with van der Waals surface area (Å²) in [5.74, 6) is 1.31. The van der Waals surface area contributed by atoms with E-state index >= 15 is 0 Å². The quantitative estimate of drug-likeness (QED) is 0.694. The first-order chi connectivity index (χ1) is 13.1. The van der Waals surface area contributed by atoms with Gasteiger partial charge in [0, 0.05) is 24.2 Å². The van der Waals surface area contributed by atoms with Crippen molar-refractivity contribution in [3.63, 3.8) is 0 Å². The minimum absolute atomic E-state index is 0.0365. The van der Waals surface area contributed by atoms with Crippen molar-refractivity contribution in [1.29, 1.82) is 0 Å². The van der Waals surface area contributed by atoms with E-state index in [2.05, 4.69) is 0 Å². The van der Waals surface area contributed by atoms with Gasteiger partial charge in [0.1, 0.15) is 0 Å². The van der Waals surface area contributed by atoms with Crippen LogP contribution in [-0.4, -0.2) is 38.1 Å². The standard InChI is InChI=1S/C22H24ClNO3/c1-26-20-11-8-17(14-21(20)27-2)19(16-6-9-18(23)10-7-16)15-22(25)24-12-4-3-5-13-24/h6-11,14-15H,3-5,12-13H2,1-2H3. The monoisotopic (exact) mass is 385 g/mol. The van der Waals surface area contributed by atoms with Gasteiger partial charge in [-0.3, -0.25) is 4.79 Å². The van der Waals surface area contributed by atoms with E-state index in [-0.39, 0.29) is 5.91 Å². The molecule has 0 atom stereocenters. The summed E-state index contributed by atoms with van der Waals surface area (Å²) in [6.07, 6.45) is 5.03. The van der Waals surface area contributed by atoms with Gasteiger partial charge in [-0.05, 0) is 60.2 Å². The molecule has 2 aromatic rings. The number of benzene rings is 2. The third kappa shape index (κ3) is 4.64. The second kappa shape index (κ2) is 8.96. The van der Waals surface area contributed by atoms with Gasteiger partial charge < -0.3 is 14.4 Å². The topological polar surface area (TPSA) is 38.8 Å². The molecule has 0 unspecified atom stereocenters. The average Bonchev–Trinajstić information content (AvgIpc) is 2.72. The van der Waals surface area contributed by atoms with E-state index in [9.17, 15) is 4.79 Å². The SMILES string of the molecule is COc1ccc(C(=CC(=O)N2CCCCC2)c2ccc(Cl)cc2)cc1OC. The maximum atomic E-state index is 12.9. The van der Waals surface area contributed by atoms with Gasteiger partial charge in [0.05, 0.1) is 14.2 Å². The van der Waals surface area contributed by atoms with Gasteiger partial charge in [0.25, 0.3) is 0 Å². The Labute approximate surface area is 165 Å². The number of hydrogen-bond acceptors (Lipinski definition) is 3. The first kappa shape index (κ1) is 19.3. The predicted octanol–water partition coefficient (Wildman–Crippen LogP) is 4.80. The number of piperidine rings is 1. The zero-order chi connectivity index (χ0) is 19.2. The lowest BCUT2D eigenvalue weighted by molar-refractivity contribution is -0.126. The number of rotatable bonds is 5. The number of methoxy groups -OCH3 is 2. The zero-order valence-electron chi connectivity index (χ0n) is 15.7. The Morgan fingerprint density at radius 2 is 1.56 bits per heavy atom. The highest BCUT2D eigenvalue weighted by atomic mass is 35.5. The van der Waals surface area contributed by atoms with Crippen LogP contribution in [0.3, 0.4) is 0 Å². The minimum atomic E-state index is 0.0365. The average molecular weight is 386 g/mol. The maximum Gasteiger partial charge on any atom is 0.247 e. The van der Waals surface area contributed by atoms with Crippen LogP contribution in [-0.2, 0) is 4.79 Å². The van der Waals surface area contributed by atoms with Crippen molar-refractivity contribution >= 4 is 23.1 Å². The fourth-order valence-electron chi connectivity index (χ4n) is 3.30. The summed E-state index contributed by atoms with van der Waals surface area (Å²) >= 11 is 6.05. The summed E-state index contributed by atoms with van der Waals surface area (Å²) in [7, 11) is 3.21. The summed E-state index contributed by atoms with van der Waals surface area (Å²) in [6.45, 7) is 1.63. The van der Waals surface area contributed by atoms with Crippen molar-refractivity contribution in [2.45, 2.75) is 19.3 Å². The van der Waals surface area contributed by atoms with Crippen LogP contribution in [0.15, 0.2) is 48.5 Å². The number of likely N-dealkylation sites (tertiary alicyclic amines) is 1. The zero-order valence-corrected chi connectivity index (χ0v) is 16.5. The van der Waals surface area contributed by atoms with Gasteiger partial charge >= 0.3 is 0 Å². The Balaban J connectivity index is 2.03. The molecule has 1 saturated heterocycles. The van der Waals surface area contributed by atoms with Crippen LogP contribution >= 0.6 is 11.6 Å². The second-order valence-corrected chi connectivity index (χ2v) is 6.96. The van der Waals surface area contributed by atoms with Crippen molar-refractivity contribution < 1.29 is 14.3 Å². The molecule has 0 aliphatic carbocycles. The van der Waals surface area contributed by atoms with E-state index in [1.54, 1.807) is 20.3 Å². The Morgan fingerprint density at radius 3 is 2.19 bits per heavy atom. The van der Waals surface area contributed by atoms with Gasteiger partial charge in [-0.1, -0.05) is 29.8 Å². The fraction of sp³-hybridized carbons (Fsp3) is 0.318. The first-order valence-corrected chi connectivity index (χ1v) is 9.49. The molecule has 0 bridgehead atoms. The van der Waals surface area contributed by atoms with Crippen LogP contribution in [0.5, 0.6) is 11.5 Å². The predicted molar refractivity (Wildman–Crippen MR) is 109 cm³/mol. The molecule has 0 radical (unpaired) electrons.